The van der Waals surface area contributed by atoms with E-state index in [0.29, 0.717) is 17.1 Å². The molecule has 166 valence electrons. The number of aryl methyl sites for hydroxylation is 2. The zero-order chi connectivity index (χ0) is 23.3. The summed E-state index contributed by atoms with van der Waals surface area (Å²) in [5, 5.41) is 2.91. The number of rotatable bonds is 6. The van der Waals surface area contributed by atoms with Crippen LogP contribution in [0.3, 0.4) is 0 Å². The molecular formula is C27H29NO4. The molecule has 0 spiro atoms. The number of esters is 1. The first kappa shape index (κ1) is 23.1. The SMILES string of the molecule is Cc1ccc(C)c(NC(=O)c2ccc(OC(=O)COc3ccc(C(C)(C)C)cc3)cc2)c1. The Morgan fingerprint density at radius 1 is 0.844 bits per heavy atom. The van der Waals surface area contributed by atoms with Gasteiger partial charge in [-0.3, -0.25) is 4.79 Å². The molecule has 1 N–H and O–H groups in total. The minimum absolute atomic E-state index is 0.0550. The van der Waals surface area contributed by atoms with E-state index in [1.807, 2.05) is 56.3 Å². The molecule has 0 saturated heterocycles. The van der Waals surface area contributed by atoms with Crippen LogP contribution in [-0.4, -0.2) is 18.5 Å². The maximum Gasteiger partial charge on any atom is 0.349 e. The molecule has 0 aliphatic rings. The average Bonchev–Trinajstić information content (AvgIpc) is 2.75. The molecule has 0 heterocycles. The molecule has 0 saturated carbocycles. The lowest BCUT2D eigenvalue weighted by Gasteiger charge is -2.19. The first-order valence-electron chi connectivity index (χ1n) is 10.5. The standard InChI is InChI=1S/C27H29NO4/c1-18-6-7-19(2)24(16-18)28-26(30)20-8-12-23(13-9-20)32-25(29)17-31-22-14-10-21(11-15-22)27(3,4)5/h6-16H,17H2,1-5H3,(H,28,30). The van der Waals surface area contributed by atoms with E-state index in [1.165, 1.54) is 5.56 Å². The van der Waals surface area contributed by atoms with Crippen LogP contribution in [0.1, 0.15) is 47.8 Å². The third kappa shape index (κ3) is 6.20. The Morgan fingerprint density at radius 3 is 2.09 bits per heavy atom. The van der Waals surface area contributed by atoms with E-state index < -0.39 is 5.97 Å². The van der Waals surface area contributed by atoms with Gasteiger partial charge < -0.3 is 14.8 Å². The Bertz CT molecular complexity index is 1090. The molecule has 0 aromatic heterocycles. The van der Waals surface area contributed by atoms with Gasteiger partial charge in [-0.1, -0.05) is 45.0 Å². The van der Waals surface area contributed by atoms with Gasteiger partial charge in [-0.05, 0) is 78.4 Å². The third-order valence-corrected chi connectivity index (χ3v) is 5.07. The highest BCUT2D eigenvalue weighted by atomic mass is 16.6. The molecule has 3 aromatic rings. The van der Waals surface area contributed by atoms with Crippen LogP contribution in [0.4, 0.5) is 5.69 Å². The lowest BCUT2D eigenvalue weighted by Crippen LogP contribution is -2.18. The van der Waals surface area contributed by atoms with Crippen molar-refractivity contribution in [1.82, 2.24) is 0 Å². The summed E-state index contributed by atoms with van der Waals surface area (Å²) in [6.45, 7) is 10.1. The molecular weight excluding hydrogens is 402 g/mol. The van der Waals surface area contributed by atoms with Crippen molar-refractivity contribution in [1.29, 1.82) is 0 Å². The minimum atomic E-state index is -0.516. The second-order valence-corrected chi connectivity index (χ2v) is 8.83. The molecule has 32 heavy (non-hydrogen) atoms. The zero-order valence-corrected chi connectivity index (χ0v) is 19.2. The smallest absolute Gasteiger partial charge is 0.349 e. The summed E-state index contributed by atoms with van der Waals surface area (Å²) in [7, 11) is 0. The molecule has 0 aliphatic heterocycles. The van der Waals surface area contributed by atoms with E-state index in [2.05, 4.69) is 26.1 Å². The summed E-state index contributed by atoms with van der Waals surface area (Å²) in [6, 6.07) is 20.0. The van der Waals surface area contributed by atoms with Gasteiger partial charge in [0.2, 0.25) is 0 Å². The molecule has 3 aromatic carbocycles. The van der Waals surface area contributed by atoms with E-state index in [-0.39, 0.29) is 17.9 Å². The van der Waals surface area contributed by atoms with Crippen LogP contribution in [0.25, 0.3) is 0 Å². The number of hydrogen-bond acceptors (Lipinski definition) is 4. The second-order valence-electron chi connectivity index (χ2n) is 8.83. The van der Waals surface area contributed by atoms with Gasteiger partial charge in [0.05, 0.1) is 0 Å². The van der Waals surface area contributed by atoms with Crippen molar-refractivity contribution in [2.24, 2.45) is 0 Å². The number of nitrogens with one attached hydrogen (secondary N) is 1. The van der Waals surface area contributed by atoms with Gasteiger partial charge in [0.25, 0.3) is 5.91 Å². The van der Waals surface area contributed by atoms with Crippen LogP contribution in [0, 0.1) is 13.8 Å². The summed E-state index contributed by atoms with van der Waals surface area (Å²) in [5.41, 5.74) is 4.55. The van der Waals surface area contributed by atoms with E-state index in [9.17, 15) is 9.59 Å². The quantitative estimate of drug-likeness (QED) is 0.393. The van der Waals surface area contributed by atoms with Crippen molar-refractivity contribution < 1.29 is 19.1 Å². The van der Waals surface area contributed by atoms with Crippen molar-refractivity contribution in [3.8, 4) is 11.5 Å². The monoisotopic (exact) mass is 431 g/mol. The van der Waals surface area contributed by atoms with Crippen molar-refractivity contribution in [2.75, 3.05) is 11.9 Å². The number of amides is 1. The molecule has 0 aliphatic carbocycles. The van der Waals surface area contributed by atoms with E-state index in [1.54, 1.807) is 24.3 Å². The Hall–Kier alpha value is -3.60. The third-order valence-electron chi connectivity index (χ3n) is 5.07. The Morgan fingerprint density at radius 2 is 1.47 bits per heavy atom. The maximum absolute atomic E-state index is 12.5. The van der Waals surface area contributed by atoms with E-state index in [4.69, 9.17) is 9.47 Å². The average molecular weight is 432 g/mol. The lowest BCUT2D eigenvalue weighted by molar-refractivity contribution is -0.136. The first-order valence-corrected chi connectivity index (χ1v) is 10.5. The summed E-state index contributed by atoms with van der Waals surface area (Å²) in [5.74, 6) is 0.217. The Kier molecular flexibility index (Phi) is 6.98. The molecule has 0 bridgehead atoms. The van der Waals surface area contributed by atoms with Gasteiger partial charge in [0, 0.05) is 11.3 Å². The number of benzene rings is 3. The van der Waals surface area contributed by atoms with E-state index in [0.717, 1.165) is 16.8 Å². The fraction of sp³-hybridized carbons (Fsp3) is 0.259. The fourth-order valence-corrected chi connectivity index (χ4v) is 3.09. The molecule has 0 fully saturated rings. The fourth-order valence-electron chi connectivity index (χ4n) is 3.09. The first-order chi connectivity index (χ1) is 15.1. The van der Waals surface area contributed by atoms with Crippen LogP contribution in [-0.2, 0) is 10.2 Å². The highest BCUT2D eigenvalue weighted by Gasteiger charge is 2.14. The van der Waals surface area contributed by atoms with Gasteiger partial charge in [0.15, 0.2) is 6.61 Å². The van der Waals surface area contributed by atoms with Crippen LogP contribution in [0.15, 0.2) is 66.7 Å². The van der Waals surface area contributed by atoms with Crippen molar-refractivity contribution >= 4 is 17.6 Å². The molecule has 0 radical (unpaired) electrons. The number of anilines is 1. The van der Waals surface area contributed by atoms with Gasteiger partial charge >= 0.3 is 5.97 Å². The highest BCUT2D eigenvalue weighted by molar-refractivity contribution is 6.04. The number of carbonyl (C=O) groups is 2. The Balaban J connectivity index is 1.53. The predicted molar refractivity (Wildman–Crippen MR) is 127 cm³/mol. The molecule has 1 amide bonds. The van der Waals surface area contributed by atoms with Gasteiger partial charge in [-0.2, -0.15) is 0 Å². The Labute approximate surface area is 189 Å². The predicted octanol–water partition coefficient (Wildman–Crippen LogP) is 5.84. The second kappa shape index (κ2) is 9.69. The van der Waals surface area contributed by atoms with Crippen molar-refractivity contribution in [3.63, 3.8) is 0 Å². The number of hydrogen-bond donors (Lipinski definition) is 1. The zero-order valence-electron chi connectivity index (χ0n) is 19.2. The molecule has 0 unspecified atom stereocenters. The topological polar surface area (TPSA) is 64.6 Å². The normalized spacial score (nSPS) is 11.0. The van der Waals surface area contributed by atoms with Crippen LogP contribution >= 0.6 is 0 Å². The summed E-state index contributed by atoms with van der Waals surface area (Å²) < 4.78 is 10.8. The van der Waals surface area contributed by atoms with Gasteiger partial charge in [-0.15, -0.1) is 0 Å². The summed E-state index contributed by atoms with van der Waals surface area (Å²) in [4.78, 5) is 24.6. The maximum atomic E-state index is 12.5. The van der Waals surface area contributed by atoms with Crippen molar-refractivity contribution in [2.45, 2.75) is 40.0 Å². The minimum Gasteiger partial charge on any atom is -0.482 e. The van der Waals surface area contributed by atoms with Crippen LogP contribution in [0.5, 0.6) is 11.5 Å². The number of ether oxygens (including phenoxy) is 2. The highest BCUT2D eigenvalue weighted by Crippen LogP contribution is 2.24. The number of carbonyl (C=O) groups excluding carboxylic acids is 2. The van der Waals surface area contributed by atoms with Gasteiger partial charge in [-0.25, -0.2) is 4.79 Å². The van der Waals surface area contributed by atoms with E-state index >= 15 is 0 Å². The largest absolute Gasteiger partial charge is 0.482 e. The van der Waals surface area contributed by atoms with Gasteiger partial charge in [0.1, 0.15) is 11.5 Å². The summed E-state index contributed by atoms with van der Waals surface area (Å²) >= 11 is 0. The summed E-state index contributed by atoms with van der Waals surface area (Å²) in [6.07, 6.45) is 0. The van der Waals surface area contributed by atoms with Crippen molar-refractivity contribution in [3.05, 3.63) is 89.0 Å². The molecule has 0 atom stereocenters. The molecule has 5 heteroatoms. The molecule has 3 rings (SSSR count). The van der Waals surface area contributed by atoms with Crippen LogP contribution in [0.2, 0.25) is 0 Å². The van der Waals surface area contributed by atoms with Crippen LogP contribution < -0.4 is 14.8 Å². The molecule has 5 nitrogen and oxygen atoms in total. The lowest BCUT2D eigenvalue weighted by atomic mass is 9.87.